The molecule has 3 rings (SSSR count). The van der Waals surface area contributed by atoms with Crippen LogP contribution in [-0.2, 0) is 4.74 Å². The van der Waals surface area contributed by atoms with Crippen LogP contribution in [0, 0.1) is 16.7 Å². The fourth-order valence-electron chi connectivity index (χ4n) is 3.27. The zero-order valence-corrected chi connectivity index (χ0v) is 11.8. The van der Waals surface area contributed by atoms with Gasteiger partial charge in [0.15, 0.2) is 0 Å². The molecule has 20 heavy (non-hydrogen) atoms. The Kier molecular flexibility index (Phi) is 3.90. The Bertz CT molecular complexity index is 503. The maximum atomic E-state index is 9.05. The van der Waals surface area contributed by atoms with E-state index < -0.39 is 0 Å². The number of anilines is 1. The van der Waals surface area contributed by atoms with Gasteiger partial charge in [-0.25, -0.2) is 0 Å². The monoisotopic (exact) mass is 271 g/mol. The number of hydrogen-bond donors (Lipinski definition) is 1. The number of benzene rings is 1. The van der Waals surface area contributed by atoms with E-state index in [4.69, 9.17) is 10.00 Å². The second kappa shape index (κ2) is 5.82. The molecule has 1 N–H and O–H groups in total. The standard InChI is InChI=1S/C16H21N3O/c17-10-14-3-1-4-15(9-14)19-7-8-20-13-16(12-19)5-2-6-18-11-16/h1,3-4,9,18H,2,5-8,11-13H2. The number of piperidine rings is 1. The first kappa shape index (κ1) is 13.4. The maximum absolute atomic E-state index is 9.05. The molecule has 1 aromatic rings. The zero-order chi connectivity index (χ0) is 13.8. The van der Waals surface area contributed by atoms with Gasteiger partial charge in [-0.05, 0) is 37.6 Å². The van der Waals surface area contributed by atoms with E-state index in [0.29, 0.717) is 0 Å². The van der Waals surface area contributed by atoms with Crippen LogP contribution < -0.4 is 10.2 Å². The highest BCUT2D eigenvalue weighted by molar-refractivity contribution is 5.51. The molecule has 1 aromatic carbocycles. The van der Waals surface area contributed by atoms with Gasteiger partial charge in [-0.1, -0.05) is 6.07 Å². The summed E-state index contributed by atoms with van der Waals surface area (Å²) in [6.07, 6.45) is 2.43. The summed E-state index contributed by atoms with van der Waals surface area (Å²) in [6, 6.07) is 10.1. The first-order valence-electron chi connectivity index (χ1n) is 7.35. The third-order valence-electron chi connectivity index (χ3n) is 4.34. The summed E-state index contributed by atoms with van der Waals surface area (Å²) >= 11 is 0. The van der Waals surface area contributed by atoms with Crippen LogP contribution in [0.1, 0.15) is 18.4 Å². The highest BCUT2D eigenvalue weighted by Gasteiger charge is 2.36. The van der Waals surface area contributed by atoms with Crippen LogP contribution in [0.15, 0.2) is 24.3 Å². The molecule has 1 unspecified atom stereocenters. The van der Waals surface area contributed by atoms with E-state index in [1.54, 1.807) is 0 Å². The minimum absolute atomic E-state index is 0.220. The summed E-state index contributed by atoms with van der Waals surface area (Å²) in [5.74, 6) is 0. The second-order valence-corrected chi connectivity index (χ2v) is 5.92. The molecule has 106 valence electrons. The summed E-state index contributed by atoms with van der Waals surface area (Å²) in [4.78, 5) is 2.38. The van der Waals surface area contributed by atoms with Crippen molar-refractivity contribution in [2.45, 2.75) is 12.8 Å². The van der Waals surface area contributed by atoms with Crippen LogP contribution >= 0.6 is 0 Å². The molecule has 2 aliphatic rings. The minimum atomic E-state index is 0.220. The molecular weight excluding hydrogens is 250 g/mol. The highest BCUT2D eigenvalue weighted by Crippen LogP contribution is 2.31. The van der Waals surface area contributed by atoms with Crippen LogP contribution in [-0.4, -0.2) is 39.4 Å². The largest absolute Gasteiger partial charge is 0.379 e. The Morgan fingerprint density at radius 3 is 3.15 bits per heavy atom. The lowest BCUT2D eigenvalue weighted by molar-refractivity contribution is 0.0536. The number of ether oxygens (including phenoxy) is 1. The van der Waals surface area contributed by atoms with Gasteiger partial charge in [0.2, 0.25) is 0 Å². The Morgan fingerprint density at radius 2 is 2.35 bits per heavy atom. The van der Waals surface area contributed by atoms with Gasteiger partial charge in [-0.2, -0.15) is 5.26 Å². The molecule has 4 nitrogen and oxygen atoms in total. The van der Waals surface area contributed by atoms with Gasteiger partial charge in [-0.3, -0.25) is 0 Å². The van der Waals surface area contributed by atoms with Crippen LogP contribution in [0.2, 0.25) is 0 Å². The predicted octanol–water partition coefficient (Wildman–Crippen LogP) is 1.76. The predicted molar refractivity (Wildman–Crippen MR) is 78.7 cm³/mol. The molecule has 0 aromatic heterocycles. The van der Waals surface area contributed by atoms with E-state index >= 15 is 0 Å². The molecule has 0 amide bonds. The van der Waals surface area contributed by atoms with E-state index in [0.717, 1.165) is 50.6 Å². The Balaban J connectivity index is 1.82. The van der Waals surface area contributed by atoms with Gasteiger partial charge in [0.05, 0.1) is 24.8 Å². The van der Waals surface area contributed by atoms with Crippen LogP contribution in [0.4, 0.5) is 5.69 Å². The molecule has 0 bridgehead atoms. The van der Waals surface area contributed by atoms with Crippen molar-refractivity contribution in [2.24, 2.45) is 5.41 Å². The SMILES string of the molecule is N#Cc1cccc(N2CCOCC3(CCCNC3)C2)c1. The molecule has 2 fully saturated rings. The van der Waals surface area contributed by atoms with Crippen molar-refractivity contribution < 1.29 is 4.74 Å². The van der Waals surface area contributed by atoms with Crippen molar-refractivity contribution >= 4 is 5.69 Å². The lowest BCUT2D eigenvalue weighted by Gasteiger charge is -2.39. The molecule has 2 heterocycles. The van der Waals surface area contributed by atoms with Crippen molar-refractivity contribution in [3.8, 4) is 6.07 Å². The third kappa shape index (κ3) is 2.79. The van der Waals surface area contributed by atoms with Crippen molar-refractivity contribution in [2.75, 3.05) is 44.3 Å². The summed E-state index contributed by atoms with van der Waals surface area (Å²) in [6.45, 7) is 5.66. The molecule has 1 atom stereocenters. The van der Waals surface area contributed by atoms with E-state index in [1.807, 2.05) is 18.2 Å². The van der Waals surface area contributed by atoms with Crippen LogP contribution in [0.3, 0.4) is 0 Å². The second-order valence-electron chi connectivity index (χ2n) is 5.92. The van der Waals surface area contributed by atoms with Gasteiger partial charge in [0.1, 0.15) is 0 Å². The number of nitrogens with zero attached hydrogens (tertiary/aromatic N) is 2. The average molecular weight is 271 g/mol. The zero-order valence-electron chi connectivity index (χ0n) is 11.8. The van der Waals surface area contributed by atoms with Crippen molar-refractivity contribution in [3.63, 3.8) is 0 Å². The quantitative estimate of drug-likeness (QED) is 0.845. The van der Waals surface area contributed by atoms with Gasteiger partial charge in [-0.15, -0.1) is 0 Å². The third-order valence-corrected chi connectivity index (χ3v) is 4.34. The fourth-order valence-corrected chi connectivity index (χ4v) is 3.27. The molecule has 0 aliphatic carbocycles. The molecule has 0 radical (unpaired) electrons. The van der Waals surface area contributed by atoms with Crippen molar-refractivity contribution in [1.82, 2.24) is 5.32 Å². The first-order chi connectivity index (χ1) is 9.81. The minimum Gasteiger partial charge on any atom is -0.379 e. The molecule has 2 saturated heterocycles. The molecule has 0 saturated carbocycles. The Labute approximate surface area is 120 Å². The molecule has 4 heteroatoms. The van der Waals surface area contributed by atoms with E-state index in [2.05, 4.69) is 22.4 Å². The van der Waals surface area contributed by atoms with Crippen molar-refractivity contribution in [1.29, 1.82) is 5.26 Å². The topological polar surface area (TPSA) is 48.3 Å². The maximum Gasteiger partial charge on any atom is 0.0992 e. The van der Waals surface area contributed by atoms with Gasteiger partial charge < -0.3 is 15.0 Å². The smallest absolute Gasteiger partial charge is 0.0992 e. The van der Waals surface area contributed by atoms with Gasteiger partial charge in [0.25, 0.3) is 0 Å². The fraction of sp³-hybridized carbons (Fsp3) is 0.562. The first-order valence-corrected chi connectivity index (χ1v) is 7.35. The summed E-state index contributed by atoms with van der Waals surface area (Å²) in [5, 5.41) is 12.6. The Morgan fingerprint density at radius 1 is 1.40 bits per heavy atom. The number of rotatable bonds is 1. The highest BCUT2D eigenvalue weighted by atomic mass is 16.5. The molecule has 2 aliphatic heterocycles. The number of nitrogens with one attached hydrogen (secondary N) is 1. The van der Waals surface area contributed by atoms with E-state index in [-0.39, 0.29) is 5.41 Å². The van der Waals surface area contributed by atoms with E-state index in [1.165, 1.54) is 12.8 Å². The van der Waals surface area contributed by atoms with Crippen molar-refractivity contribution in [3.05, 3.63) is 29.8 Å². The normalized spacial score (nSPS) is 27.1. The number of hydrogen-bond acceptors (Lipinski definition) is 4. The molecule has 1 spiro atoms. The molecular formula is C16H21N3O. The lowest BCUT2D eigenvalue weighted by atomic mass is 9.81. The number of nitriles is 1. The van der Waals surface area contributed by atoms with E-state index in [9.17, 15) is 0 Å². The van der Waals surface area contributed by atoms with Crippen LogP contribution in [0.5, 0.6) is 0 Å². The van der Waals surface area contributed by atoms with Gasteiger partial charge in [0, 0.05) is 30.7 Å². The Hall–Kier alpha value is -1.57. The summed E-state index contributed by atoms with van der Waals surface area (Å²) < 4.78 is 5.85. The summed E-state index contributed by atoms with van der Waals surface area (Å²) in [7, 11) is 0. The lowest BCUT2D eigenvalue weighted by Crippen LogP contribution is -2.48. The van der Waals surface area contributed by atoms with Gasteiger partial charge >= 0.3 is 0 Å². The summed E-state index contributed by atoms with van der Waals surface area (Å²) in [5.41, 5.74) is 2.08. The van der Waals surface area contributed by atoms with Crippen LogP contribution in [0.25, 0.3) is 0 Å². The average Bonchev–Trinajstić information content (AvgIpc) is 2.71.